The molecule has 2 amide bonds. The van der Waals surface area contributed by atoms with Gasteiger partial charge in [0.2, 0.25) is 0 Å². The Morgan fingerprint density at radius 2 is 1.78 bits per heavy atom. The average molecular weight is 488 g/mol. The van der Waals surface area contributed by atoms with E-state index in [-0.39, 0.29) is 23.7 Å². The Morgan fingerprint density at radius 1 is 1.00 bits per heavy atom. The second kappa shape index (κ2) is 9.20. The van der Waals surface area contributed by atoms with Crippen molar-refractivity contribution in [2.24, 2.45) is 0 Å². The summed E-state index contributed by atoms with van der Waals surface area (Å²) >= 11 is 12.9. The van der Waals surface area contributed by atoms with Gasteiger partial charge in [0, 0.05) is 33.6 Å². The van der Waals surface area contributed by atoms with E-state index in [4.69, 9.17) is 23.2 Å². The number of rotatable bonds is 6. The van der Waals surface area contributed by atoms with Crippen LogP contribution in [0, 0.1) is 10.1 Å². The van der Waals surface area contributed by atoms with Crippen LogP contribution in [0.1, 0.15) is 16.8 Å². The normalized spacial score (nSPS) is 15.1. The molecule has 1 aromatic heterocycles. The van der Waals surface area contributed by atoms with E-state index in [1.54, 1.807) is 65.4 Å². The van der Waals surface area contributed by atoms with E-state index in [0.717, 1.165) is 16.7 Å². The molecule has 0 unspecified atom stereocenters. The summed E-state index contributed by atoms with van der Waals surface area (Å²) in [5, 5.41) is 11.7. The lowest BCUT2D eigenvalue weighted by atomic mass is 10.2. The van der Waals surface area contributed by atoms with Crippen LogP contribution in [0.5, 0.6) is 0 Å². The van der Waals surface area contributed by atoms with Gasteiger partial charge >= 0.3 is 0 Å². The predicted molar refractivity (Wildman–Crippen MR) is 125 cm³/mol. The van der Waals surface area contributed by atoms with Crippen molar-refractivity contribution in [1.29, 1.82) is 0 Å². The van der Waals surface area contributed by atoms with Crippen LogP contribution in [-0.4, -0.2) is 25.5 Å². The standard InChI is InChI=1S/C22H15Cl2N3O4S/c23-16-8-7-14(18(24)10-16)13-26-21(28)20(32-22(26)29)11-17-5-3-9-25(17)12-15-4-1-2-6-19(15)27(30)31/h1-11H,12-13H2/b20-11-. The Bertz CT molecular complexity index is 1270. The summed E-state index contributed by atoms with van der Waals surface area (Å²) in [7, 11) is 0. The van der Waals surface area contributed by atoms with Gasteiger partial charge in [-0.2, -0.15) is 0 Å². The molecule has 0 saturated carbocycles. The minimum atomic E-state index is -0.426. The number of benzene rings is 2. The molecule has 0 N–H and O–H groups in total. The zero-order valence-electron chi connectivity index (χ0n) is 16.4. The maximum absolute atomic E-state index is 12.9. The van der Waals surface area contributed by atoms with E-state index in [2.05, 4.69) is 0 Å². The number of halogens is 2. The molecule has 3 aromatic rings. The van der Waals surface area contributed by atoms with Gasteiger partial charge in [-0.3, -0.25) is 24.6 Å². The molecular weight excluding hydrogens is 473 g/mol. The molecular formula is C22H15Cl2N3O4S. The largest absolute Gasteiger partial charge is 0.343 e. The summed E-state index contributed by atoms with van der Waals surface area (Å²) in [6.45, 7) is 0.287. The van der Waals surface area contributed by atoms with Crippen molar-refractivity contribution in [1.82, 2.24) is 9.47 Å². The molecule has 2 aromatic carbocycles. The van der Waals surface area contributed by atoms with Crippen molar-refractivity contribution in [3.05, 3.63) is 103 Å². The minimum Gasteiger partial charge on any atom is -0.343 e. The van der Waals surface area contributed by atoms with Crippen LogP contribution >= 0.6 is 35.0 Å². The number of imide groups is 1. The summed E-state index contributed by atoms with van der Waals surface area (Å²) in [6.07, 6.45) is 3.38. The number of amides is 2. The van der Waals surface area contributed by atoms with Gasteiger partial charge in [0.25, 0.3) is 16.8 Å². The molecule has 4 rings (SSSR count). The monoisotopic (exact) mass is 487 g/mol. The molecule has 0 spiro atoms. The quantitative estimate of drug-likeness (QED) is 0.242. The van der Waals surface area contributed by atoms with Gasteiger partial charge in [0.15, 0.2) is 0 Å². The van der Waals surface area contributed by atoms with Gasteiger partial charge in [-0.25, -0.2) is 0 Å². The van der Waals surface area contributed by atoms with Gasteiger partial charge in [-0.05, 0) is 47.7 Å². The SMILES string of the molecule is O=C1S/C(=C\c2cccn2Cc2ccccc2[N+](=O)[O-])C(=O)N1Cc1ccc(Cl)cc1Cl. The van der Waals surface area contributed by atoms with Crippen molar-refractivity contribution in [2.45, 2.75) is 13.1 Å². The first-order valence-corrected chi connectivity index (χ1v) is 11.0. The zero-order chi connectivity index (χ0) is 22.8. The van der Waals surface area contributed by atoms with Gasteiger partial charge in [-0.15, -0.1) is 0 Å². The first kappa shape index (κ1) is 22.1. The Kier molecular flexibility index (Phi) is 6.36. The minimum absolute atomic E-state index is 0.0207. The third-order valence-corrected chi connectivity index (χ3v) is 6.38. The lowest BCUT2D eigenvalue weighted by Gasteiger charge is -2.13. The molecule has 1 aliphatic heterocycles. The number of aromatic nitrogens is 1. The number of nitrogens with zero attached hydrogens (tertiary/aromatic N) is 3. The summed E-state index contributed by atoms with van der Waals surface area (Å²) < 4.78 is 1.78. The van der Waals surface area contributed by atoms with Gasteiger partial charge < -0.3 is 4.57 Å². The fourth-order valence-corrected chi connectivity index (χ4v) is 4.59. The van der Waals surface area contributed by atoms with E-state index in [1.165, 1.54) is 6.07 Å². The number of carbonyl (C=O) groups is 2. The van der Waals surface area contributed by atoms with Crippen LogP contribution in [0.25, 0.3) is 6.08 Å². The van der Waals surface area contributed by atoms with Crippen molar-refractivity contribution in [3.8, 4) is 0 Å². The van der Waals surface area contributed by atoms with E-state index in [9.17, 15) is 19.7 Å². The molecule has 2 heterocycles. The first-order valence-electron chi connectivity index (χ1n) is 9.40. The van der Waals surface area contributed by atoms with Gasteiger partial charge in [0.1, 0.15) is 0 Å². The molecule has 7 nitrogen and oxygen atoms in total. The average Bonchev–Trinajstić information content (AvgIpc) is 3.29. The van der Waals surface area contributed by atoms with E-state index < -0.39 is 16.1 Å². The summed E-state index contributed by atoms with van der Waals surface area (Å²) in [5.74, 6) is -0.426. The van der Waals surface area contributed by atoms with E-state index in [1.807, 2.05) is 0 Å². The number of thioether (sulfide) groups is 1. The highest BCUT2D eigenvalue weighted by molar-refractivity contribution is 8.18. The van der Waals surface area contributed by atoms with Crippen molar-refractivity contribution in [3.63, 3.8) is 0 Å². The highest BCUT2D eigenvalue weighted by Crippen LogP contribution is 2.34. The van der Waals surface area contributed by atoms with Crippen LogP contribution in [0.3, 0.4) is 0 Å². The number of carbonyl (C=O) groups excluding carboxylic acids is 2. The molecule has 162 valence electrons. The smallest absolute Gasteiger partial charge is 0.293 e. The van der Waals surface area contributed by atoms with Gasteiger partial charge in [-0.1, -0.05) is 47.5 Å². The molecule has 1 fully saturated rings. The third kappa shape index (κ3) is 4.57. The predicted octanol–water partition coefficient (Wildman–Crippen LogP) is 5.99. The maximum Gasteiger partial charge on any atom is 0.293 e. The Labute approximate surface area is 197 Å². The topological polar surface area (TPSA) is 85.5 Å². The second-order valence-corrected chi connectivity index (χ2v) is 8.79. The molecule has 32 heavy (non-hydrogen) atoms. The number of nitro benzene ring substituents is 1. The van der Waals surface area contributed by atoms with Crippen molar-refractivity contribution >= 4 is 57.9 Å². The molecule has 0 radical (unpaired) electrons. The number of nitro groups is 1. The Hall–Kier alpha value is -3.07. The maximum atomic E-state index is 12.9. The Balaban J connectivity index is 1.57. The molecule has 0 atom stereocenters. The molecule has 1 saturated heterocycles. The molecule has 10 heteroatoms. The summed E-state index contributed by atoms with van der Waals surface area (Å²) in [6, 6.07) is 14.9. The third-order valence-electron chi connectivity index (χ3n) is 4.89. The lowest BCUT2D eigenvalue weighted by Crippen LogP contribution is -2.27. The molecule has 0 aliphatic carbocycles. The van der Waals surface area contributed by atoms with E-state index in [0.29, 0.717) is 26.9 Å². The van der Waals surface area contributed by atoms with E-state index >= 15 is 0 Å². The fourth-order valence-electron chi connectivity index (χ4n) is 3.30. The lowest BCUT2D eigenvalue weighted by molar-refractivity contribution is -0.385. The summed E-state index contributed by atoms with van der Waals surface area (Å²) in [4.78, 5) is 37.6. The van der Waals surface area contributed by atoms with Crippen molar-refractivity contribution in [2.75, 3.05) is 0 Å². The molecule has 0 bridgehead atoms. The number of para-hydroxylation sites is 1. The molecule has 1 aliphatic rings. The van der Waals surface area contributed by atoms with Crippen LogP contribution in [0.2, 0.25) is 10.0 Å². The number of hydrogen-bond donors (Lipinski definition) is 0. The van der Waals surface area contributed by atoms with Crippen LogP contribution in [0.15, 0.2) is 65.7 Å². The summed E-state index contributed by atoms with van der Waals surface area (Å²) in [5.41, 5.74) is 1.82. The first-order chi connectivity index (χ1) is 15.3. The second-order valence-electron chi connectivity index (χ2n) is 6.95. The van der Waals surface area contributed by atoms with Crippen molar-refractivity contribution < 1.29 is 14.5 Å². The van der Waals surface area contributed by atoms with Crippen LogP contribution in [-0.2, 0) is 17.9 Å². The van der Waals surface area contributed by atoms with Crippen LogP contribution in [0.4, 0.5) is 10.5 Å². The number of hydrogen-bond acceptors (Lipinski definition) is 5. The highest BCUT2D eigenvalue weighted by Gasteiger charge is 2.35. The highest BCUT2D eigenvalue weighted by atomic mass is 35.5. The zero-order valence-corrected chi connectivity index (χ0v) is 18.7. The fraction of sp³-hybridized carbons (Fsp3) is 0.0909. The van der Waals surface area contributed by atoms with Crippen LogP contribution < -0.4 is 0 Å². The van der Waals surface area contributed by atoms with Gasteiger partial charge in [0.05, 0.1) is 22.9 Å². The Morgan fingerprint density at radius 3 is 2.53 bits per heavy atom.